The largest absolute Gasteiger partial charge is 0.489 e. The minimum absolute atomic E-state index is 0.0412. The number of carbonyl (C=O) groups excluding carboxylic acids is 2. The van der Waals surface area contributed by atoms with Crippen molar-refractivity contribution in [2.45, 2.75) is 31.2 Å². The third-order valence-corrected chi connectivity index (χ3v) is 5.17. The van der Waals surface area contributed by atoms with Gasteiger partial charge in [-0.2, -0.15) is 13.2 Å². The van der Waals surface area contributed by atoms with E-state index in [1.54, 1.807) is 0 Å². The number of imide groups is 1. The Bertz CT molecular complexity index is 956. The number of carbonyl (C=O) groups is 2. The van der Waals surface area contributed by atoms with Gasteiger partial charge in [-0.1, -0.05) is 17.7 Å². The minimum Gasteiger partial charge on any atom is -0.489 e. The molecule has 0 radical (unpaired) electrons. The molecule has 9 heteroatoms. The van der Waals surface area contributed by atoms with E-state index in [9.17, 15) is 22.8 Å². The SMILES string of the molecule is O=C1NC2(CC2)C(=O)N1c1ccc(OCc2c(Cl)cccc2C(F)(F)F)cc1. The Kier molecular flexibility index (Phi) is 4.26. The number of hydrogen-bond acceptors (Lipinski definition) is 3. The van der Waals surface area contributed by atoms with Gasteiger partial charge in [0.1, 0.15) is 17.9 Å². The molecule has 1 heterocycles. The lowest BCUT2D eigenvalue weighted by atomic mass is 10.1. The normalized spacial score (nSPS) is 17.8. The van der Waals surface area contributed by atoms with Crippen molar-refractivity contribution in [3.63, 3.8) is 0 Å². The van der Waals surface area contributed by atoms with Gasteiger partial charge in [0.15, 0.2) is 0 Å². The molecule has 2 aromatic carbocycles. The van der Waals surface area contributed by atoms with Crippen LogP contribution in [0, 0.1) is 0 Å². The second kappa shape index (κ2) is 6.41. The van der Waals surface area contributed by atoms with Gasteiger partial charge in [-0.15, -0.1) is 0 Å². The average molecular weight is 411 g/mol. The number of amides is 3. The van der Waals surface area contributed by atoms with Crippen LogP contribution >= 0.6 is 11.6 Å². The third kappa shape index (κ3) is 3.17. The van der Waals surface area contributed by atoms with Crippen molar-refractivity contribution in [1.29, 1.82) is 0 Å². The van der Waals surface area contributed by atoms with Crippen LogP contribution in [-0.2, 0) is 17.6 Å². The number of benzene rings is 2. The van der Waals surface area contributed by atoms with Crippen LogP contribution in [0.25, 0.3) is 0 Å². The maximum absolute atomic E-state index is 13.1. The third-order valence-electron chi connectivity index (χ3n) is 4.81. The van der Waals surface area contributed by atoms with E-state index in [1.165, 1.54) is 36.4 Å². The number of alkyl halides is 3. The average Bonchev–Trinajstić information content (AvgIpc) is 3.36. The van der Waals surface area contributed by atoms with Crippen molar-refractivity contribution in [2.75, 3.05) is 4.90 Å². The Morgan fingerprint density at radius 2 is 1.79 bits per heavy atom. The highest BCUT2D eigenvalue weighted by Gasteiger charge is 2.59. The number of hydrogen-bond donors (Lipinski definition) is 1. The standard InChI is InChI=1S/C19H14ClF3N2O3/c20-15-3-1-2-14(19(21,22)23)13(15)10-28-12-6-4-11(5-7-12)25-16(26)18(8-9-18)24-17(25)27/h1-7H,8-10H2,(H,24,27). The zero-order valence-corrected chi connectivity index (χ0v) is 15.1. The Morgan fingerprint density at radius 3 is 2.36 bits per heavy atom. The molecule has 0 aromatic heterocycles. The van der Waals surface area contributed by atoms with Crippen LogP contribution in [0.1, 0.15) is 24.0 Å². The van der Waals surface area contributed by atoms with E-state index in [0.717, 1.165) is 11.0 Å². The van der Waals surface area contributed by atoms with Gasteiger partial charge >= 0.3 is 12.2 Å². The summed E-state index contributed by atoms with van der Waals surface area (Å²) in [5, 5.41) is 2.63. The minimum atomic E-state index is -4.55. The molecule has 0 atom stereocenters. The fourth-order valence-electron chi connectivity index (χ4n) is 3.14. The second-order valence-electron chi connectivity index (χ2n) is 6.70. The topological polar surface area (TPSA) is 58.6 Å². The van der Waals surface area contributed by atoms with E-state index >= 15 is 0 Å². The van der Waals surface area contributed by atoms with Gasteiger partial charge in [-0.3, -0.25) is 4.79 Å². The lowest BCUT2D eigenvalue weighted by Gasteiger charge is -2.16. The smallest absolute Gasteiger partial charge is 0.416 e. The number of nitrogens with one attached hydrogen (secondary N) is 1. The summed E-state index contributed by atoms with van der Waals surface area (Å²) in [5.41, 5.74) is -1.41. The van der Waals surface area contributed by atoms with E-state index in [2.05, 4.69) is 5.32 Å². The van der Waals surface area contributed by atoms with Crippen molar-refractivity contribution >= 4 is 29.2 Å². The van der Waals surface area contributed by atoms with Crippen LogP contribution < -0.4 is 15.0 Å². The maximum Gasteiger partial charge on any atom is 0.416 e. The monoisotopic (exact) mass is 410 g/mol. The Morgan fingerprint density at radius 1 is 1.11 bits per heavy atom. The lowest BCUT2D eigenvalue weighted by molar-refractivity contribution is -0.138. The van der Waals surface area contributed by atoms with Gasteiger partial charge in [0.05, 0.1) is 11.3 Å². The van der Waals surface area contributed by atoms with E-state index in [1.807, 2.05) is 0 Å². The summed E-state index contributed by atoms with van der Waals surface area (Å²) in [7, 11) is 0. The van der Waals surface area contributed by atoms with Crippen LogP contribution in [0.3, 0.4) is 0 Å². The molecule has 1 N–H and O–H groups in total. The predicted molar refractivity (Wildman–Crippen MR) is 95.2 cm³/mol. The summed E-state index contributed by atoms with van der Waals surface area (Å²) in [4.78, 5) is 25.5. The van der Waals surface area contributed by atoms with Gasteiger partial charge in [-0.05, 0) is 49.2 Å². The molecule has 2 fully saturated rings. The van der Waals surface area contributed by atoms with Crippen LogP contribution in [0.2, 0.25) is 5.02 Å². The molecular weight excluding hydrogens is 397 g/mol. The van der Waals surface area contributed by atoms with Gasteiger partial charge in [0.2, 0.25) is 0 Å². The molecule has 1 spiro atoms. The first kappa shape index (κ1) is 18.6. The molecule has 4 rings (SSSR count). The summed E-state index contributed by atoms with van der Waals surface area (Å²) in [5.74, 6) is -0.0120. The molecule has 5 nitrogen and oxygen atoms in total. The van der Waals surface area contributed by atoms with Crippen LogP contribution in [0.15, 0.2) is 42.5 Å². The van der Waals surface area contributed by atoms with Crippen molar-refractivity contribution in [2.24, 2.45) is 0 Å². The number of anilines is 1. The number of nitrogens with zero attached hydrogens (tertiary/aromatic N) is 1. The summed E-state index contributed by atoms with van der Waals surface area (Å²) in [6.45, 7) is -0.375. The van der Waals surface area contributed by atoms with Crippen LogP contribution in [0.5, 0.6) is 5.75 Å². The summed E-state index contributed by atoms with van der Waals surface area (Å²) < 4.78 is 44.8. The molecule has 1 saturated carbocycles. The van der Waals surface area contributed by atoms with E-state index < -0.39 is 23.3 Å². The van der Waals surface area contributed by atoms with Crippen molar-refractivity contribution in [1.82, 2.24) is 5.32 Å². The van der Waals surface area contributed by atoms with Crippen molar-refractivity contribution in [3.8, 4) is 5.75 Å². The predicted octanol–water partition coefficient (Wildman–Crippen LogP) is 4.53. The van der Waals surface area contributed by atoms with Gasteiger partial charge in [0.25, 0.3) is 5.91 Å². The molecule has 0 unspecified atom stereocenters. The molecule has 1 aliphatic heterocycles. The first-order valence-corrected chi connectivity index (χ1v) is 8.83. The molecule has 1 aliphatic carbocycles. The van der Waals surface area contributed by atoms with Crippen molar-refractivity contribution < 1.29 is 27.5 Å². The highest BCUT2D eigenvalue weighted by molar-refractivity contribution is 6.31. The van der Waals surface area contributed by atoms with E-state index in [0.29, 0.717) is 18.5 Å². The Hall–Kier alpha value is -2.74. The van der Waals surface area contributed by atoms with Gasteiger partial charge < -0.3 is 10.1 Å². The fraction of sp³-hybridized carbons (Fsp3) is 0.263. The molecule has 2 aromatic rings. The highest BCUT2D eigenvalue weighted by atomic mass is 35.5. The Labute approximate surface area is 163 Å². The zero-order valence-electron chi connectivity index (χ0n) is 14.3. The summed E-state index contributed by atoms with van der Waals surface area (Å²) in [6.07, 6.45) is -3.31. The van der Waals surface area contributed by atoms with E-state index in [-0.39, 0.29) is 28.8 Å². The van der Waals surface area contributed by atoms with Crippen LogP contribution in [0.4, 0.5) is 23.7 Å². The second-order valence-corrected chi connectivity index (χ2v) is 7.11. The highest BCUT2D eigenvalue weighted by Crippen LogP contribution is 2.42. The van der Waals surface area contributed by atoms with Gasteiger partial charge in [0, 0.05) is 10.6 Å². The number of rotatable bonds is 4. The van der Waals surface area contributed by atoms with Gasteiger partial charge in [-0.25, -0.2) is 9.69 Å². The molecular formula is C19H14ClF3N2O3. The maximum atomic E-state index is 13.1. The van der Waals surface area contributed by atoms with E-state index in [4.69, 9.17) is 16.3 Å². The zero-order chi connectivity index (χ0) is 20.1. The number of urea groups is 1. The first-order valence-electron chi connectivity index (χ1n) is 8.45. The fourth-order valence-corrected chi connectivity index (χ4v) is 3.37. The lowest BCUT2D eigenvalue weighted by Crippen LogP contribution is -2.32. The first-order chi connectivity index (χ1) is 13.2. The van der Waals surface area contributed by atoms with Crippen LogP contribution in [-0.4, -0.2) is 17.5 Å². The molecule has 28 heavy (non-hydrogen) atoms. The molecule has 146 valence electrons. The molecule has 0 bridgehead atoms. The summed E-state index contributed by atoms with van der Waals surface area (Å²) >= 11 is 5.91. The Balaban J connectivity index is 1.50. The number of halogens is 4. The molecule has 2 aliphatic rings. The molecule has 1 saturated heterocycles. The summed E-state index contributed by atoms with van der Waals surface area (Å²) in [6, 6.07) is 9.03. The quantitative estimate of drug-likeness (QED) is 0.753. The van der Waals surface area contributed by atoms with Crippen molar-refractivity contribution in [3.05, 3.63) is 58.6 Å². The number of ether oxygens (including phenoxy) is 1. The molecule has 3 amide bonds.